The SMILES string of the molecule is c1ccc(-c2cccc(-c3nc(-c4ccc5c(ccc6ccccc65)c4)nc(-c4ccc(-n5c6cc7ccccc7cc6c6c7ccccc7ccc65)c5oc6ccccc6c45)n3)c2)cc1. The van der Waals surface area contributed by atoms with Crippen molar-refractivity contribution in [3.8, 4) is 51.0 Å². The van der Waals surface area contributed by atoms with Crippen LogP contribution in [-0.4, -0.2) is 19.5 Å². The third-order valence-electron chi connectivity index (χ3n) is 13.4. The highest BCUT2D eigenvalue weighted by molar-refractivity contribution is 6.24. The Morgan fingerprint density at radius 1 is 0.318 bits per heavy atom. The number of rotatable bonds is 5. The molecule has 0 N–H and O–H groups in total. The number of aromatic nitrogens is 4. The van der Waals surface area contributed by atoms with E-state index in [1.54, 1.807) is 0 Å². The van der Waals surface area contributed by atoms with Crippen molar-refractivity contribution >= 4 is 86.8 Å². The van der Waals surface area contributed by atoms with E-state index in [0.717, 1.165) is 71.9 Å². The summed E-state index contributed by atoms with van der Waals surface area (Å²) in [5.41, 5.74) is 9.64. The Balaban J connectivity index is 1.04. The molecule has 0 saturated heterocycles. The Morgan fingerprint density at radius 3 is 1.76 bits per heavy atom. The molecule has 0 unspecified atom stereocenters. The van der Waals surface area contributed by atoms with Gasteiger partial charge in [0.05, 0.1) is 16.7 Å². The molecule has 3 aromatic heterocycles. The standard InChI is InChI=1S/C61H36N4O/c1-2-13-37(14-3-1)40-19-12-20-44(33-40)59-62-60(45-27-29-47-43(34-45)26-25-38-15-6-8-21-46(38)47)64-61(63-59)50-30-32-53(58-57(50)49-23-10-11-24-55(49)66-58)65-52-31-28-39-16-7-9-22-48(39)56(52)51-35-41-17-4-5-18-42(41)36-54(51)65/h1-36H. The van der Waals surface area contributed by atoms with Gasteiger partial charge in [-0.25, -0.2) is 15.0 Å². The van der Waals surface area contributed by atoms with Crippen molar-refractivity contribution in [1.29, 1.82) is 0 Å². The summed E-state index contributed by atoms with van der Waals surface area (Å²) in [6.45, 7) is 0. The molecule has 0 fully saturated rings. The molecule has 0 atom stereocenters. The maximum absolute atomic E-state index is 7.03. The summed E-state index contributed by atoms with van der Waals surface area (Å²) in [5.74, 6) is 1.76. The van der Waals surface area contributed by atoms with E-state index < -0.39 is 0 Å². The Bertz CT molecular complexity index is 4300. The number of hydrogen-bond donors (Lipinski definition) is 0. The largest absolute Gasteiger partial charge is 0.454 e. The fourth-order valence-electron chi connectivity index (χ4n) is 10.3. The first-order valence-corrected chi connectivity index (χ1v) is 22.3. The topological polar surface area (TPSA) is 56.7 Å². The lowest BCUT2D eigenvalue weighted by Crippen LogP contribution is -2.01. The molecule has 3 heterocycles. The highest BCUT2D eigenvalue weighted by atomic mass is 16.3. The van der Waals surface area contributed by atoms with E-state index in [0.29, 0.717) is 17.5 Å². The molecule has 306 valence electrons. The zero-order chi connectivity index (χ0) is 43.3. The lowest BCUT2D eigenvalue weighted by atomic mass is 10.00. The van der Waals surface area contributed by atoms with Crippen LogP contribution in [0, 0.1) is 0 Å². The zero-order valence-electron chi connectivity index (χ0n) is 35.5. The summed E-state index contributed by atoms with van der Waals surface area (Å²) in [6.07, 6.45) is 0. The van der Waals surface area contributed by atoms with Crippen molar-refractivity contribution in [2.24, 2.45) is 0 Å². The second-order valence-corrected chi connectivity index (χ2v) is 17.1. The predicted octanol–water partition coefficient (Wildman–Crippen LogP) is 16.1. The van der Waals surface area contributed by atoms with Crippen molar-refractivity contribution in [3.63, 3.8) is 0 Å². The van der Waals surface area contributed by atoms with Gasteiger partial charge >= 0.3 is 0 Å². The molecule has 0 bridgehead atoms. The smallest absolute Gasteiger partial charge is 0.164 e. The van der Waals surface area contributed by atoms with Gasteiger partial charge in [0.25, 0.3) is 0 Å². The fourth-order valence-corrected chi connectivity index (χ4v) is 10.3. The Kier molecular flexibility index (Phi) is 7.91. The van der Waals surface area contributed by atoms with Crippen LogP contribution in [-0.2, 0) is 0 Å². The maximum atomic E-state index is 7.03. The summed E-state index contributed by atoms with van der Waals surface area (Å²) >= 11 is 0. The van der Waals surface area contributed by atoms with Gasteiger partial charge in [-0.3, -0.25) is 0 Å². The average Bonchev–Trinajstić information content (AvgIpc) is 3.94. The van der Waals surface area contributed by atoms with Crippen LogP contribution >= 0.6 is 0 Å². The molecule has 66 heavy (non-hydrogen) atoms. The number of hydrogen-bond acceptors (Lipinski definition) is 4. The molecular weight excluding hydrogens is 805 g/mol. The summed E-state index contributed by atoms with van der Waals surface area (Å²) in [5, 5.41) is 13.9. The number of benzene rings is 11. The summed E-state index contributed by atoms with van der Waals surface area (Å²) in [7, 11) is 0. The van der Waals surface area contributed by atoms with Crippen LogP contribution in [0.4, 0.5) is 0 Å². The van der Waals surface area contributed by atoms with Gasteiger partial charge in [-0.05, 0) is 103 Å². The van der Waals surface area contributed by atoms with Gasteiger partial charge in [0, 0.05) is 38.2 Å². The molecule has 14 rings (SSSR count). The quantitative estimate of drug-likeness (QED) is 0.162. The van der Waals surface area contributed by atoms with E-state index in [-0.39, 0.29) is 0 Å². The van der Waals surface area contributed by atoms with E-state index in [4.69, 9.17) is 19.4 Å². The third kappa shape index (κ3) is 5.63. The molecule has 0 aliphatic heterocycles. The Morgan fingerprint density at radius 2 is 0.924 bits per heavy atom. The second kappa shape index (κ2) is 14.3. The molecule has 14 aromatic rings. The predicted molar refractivity (Wildman–Crippen MR) is 273 cm³/mol. The summed E-state index contributed by atoms with van der Waals surface area (Å²) in [4.78, 5) is 16.0. The normalized spacial score (nSPS) is 11.9. The highest BCUT2D eigenvalue weighted by Gasteiger charge is 2.24. The number of furan rings is 1. The molecule has 0 aliphatic carbocycles. The van der Waals surface area contributed by atoms with E-state index in [9.17, 15) is 0 Å². The molecule has 0 aliphatic rings. The fraction of sp³-hybridized carbons (Fsp3) is 0. The molecule has 0 saturated carbocycles. The van der Waals surface area contributed by atoms with Crippen LogP contribution in [0.25, 0.3) is 138 Å². The van der Waals surface area contributed by atoms with Crippen LogP contribution in [0.1, 0.15) is 0 Å². The first-order chi connectivity index (χ1) is 32.7. The molecule has 0 amide bonds. The molecule has 0 radical (unpaired) electrons. The van der Waals surface area contributed by atoms with Gasteiger partial charge in [0.2, 0.25) is 0 Å². The van der Waals surface area contributed by atoms with Crippen LogP contribution in [0.2, 0.25) is 0 Å². The lowest BCUT2D eigenvalue weighted by Gasteiger charge is -2.13. The van der Waals surface area contributed by atoms with Crippen molar-refractivity contribution in [1.82, 2.24) is 19.5 Å². The van der Waals surface area contributed by atoms with Gasteiger partial charge in [0.15, 0.2) is 23.1 Å². The third-order valence-corrected chi connectivity index (χ3v) is 13.4. The van der Waals surface area contributed by atoms with Gasteiger partial charge in [0.1, 0.15) is 5.58 Å². The summed E-state index contributed by atoms with van der Waals surface area (Å²) in [6, 6.07) is 77.4. The maximum Gasteiger partial charge on any atom is 0.164 e. The van der Waals surface area contributed by atoms with Gasteiger partial charge in [-0.2, -0.15) is 0 Å². The molecule has 11 aromatic carbocycles. The van der Waals surface area contributed by atoms with Crippen LogP contribution < -0.4 is 0 Å². The first kappa shape index (κ1) is 36.5. The van der Waals surface area contributed by atoms with Gasteiger partial charge in [-0.15, -0.1) is 0 Å². The Labute approximate surface area is 378 Å². The van der Waals surface area contributed by atoms with Crippen molar-refractivity contribution in [2.45, 2.75) is 0 Å². The van der Waals surface area contributed by atoms with Crippen molar-refractivity contribution in [3.05, 3.63) is 218 Å². The molecule has 5 nitrogen and oxygen atoms in total. The molecule has 5 heteroatoms. The molecule has 0 spiro atoms. The minimum atomic E-state index is 0.570. The minimum Gasteiger partial charge on any atom is -0.454 e. The zero-order valence-corrected chi connectivity index (χ0v) is 35.5. The van der Waals surface area contributed by atoms with E-state index >= 15 is 0 Å². The monoisotopic (exact) mass is 840 g/mol. The summed E-state index contributed by atoms with van der Waals surface area (Å²) < 4.78 is 9.41. The van der Waals surface area contributed by atoms with Crippen molar-refractivity contribution in [2.75, 3.05) is 0 Å². The van der Waals surface area contributed by atoms with Gasteiger partial charge in [-0.1, -0.05) is 170 Å². The number of nitrogens with zero attached hydrogens (tertiary/aromatic N) is 4. The second-order valence-electron chi connectivity index (χ2n) is 17.1. The van der Waals surface area contributed by atoms with E-state index in [2.05, 4.69) is 205 Å². The number of fused-ring (bicyclic) bond motifs is 12. The van der Waals surface area contributed by atoms with Crippen molar-refractivity contribution < 1.29 is 4.42 Å². The Hall–Kier alpha value is -8.93. The van der Waals surface area contributed by atoms with Crippen LogP contribution in [0.15, 0.2) is 223 Å². The van der Waals surface area contributed by atoms with E-state index in [1.807, 2.05) is 18.2 Å². The highest BCUT2D eigenvalue weighted by Crippen LogP contribution is 2.44. The van der Waals surface area contributed by atoms with Gasteiger partial charge < -0.3 is 8.98 Å². The molecular formula is C61H36N4O. The minimum absolute atomic E-state index is 0.570. The van der Waals surface area contributed by atoms with E-state index in [1.165, 1.54) is 48.5 Å². The lowest BCUT2D eigenvalue weighted by molar-refractivity contribution is 0.666. The average molecular weight is 841 g/mol. The van der Waals surface area contributed by atoms with Crippen LogP contribution in [0.3, 0.4) is 0 Å². The first-order valence-electron chi connectivity index (χ1n) is 22.3. The number of para-hydroxylation sites is 1. The van der Waals surface area contributed by atoms with Crippen LogP contribution in [0.5, 0.6) is 0 Å².